The number of allylic oxidation sites excluding steroid dienone is 2. The van der Waals surface area contributed by atoms with Gasteiger partial charge < -0.3 is 0 Å². The van der Waals surface area contributed by atoms with E-state index in [9.17, 15) is 0 Å². The van der Waals surface area contributed by atoms with Crippen molar-refractivity contribution in [1.29, 1.82) is 0 Å². The van der Waals surface area contributed by atoms with Crippen molar-refractivity contribution < 1.29 is 0 Å². The van der Waals surface area contributed by atoms with E-state index in [0.717, 1.165) is 0 Å². The Balaban J connectivity index is 0.000000845. The van der Waals surface area contributed by atoms with E-state index in [1.54, 1.807) is 0 Å². The molecule has 1 aliphatic rings. The zero-order valence-electron chi connectivity index (χ0n) is 7.38. The first-order chi connectivity index (χ1) is 5.92. The Morgan fingerprint density at radius 2 is 1.92 bits per heavy atom. The van der Waals surface area contributed by atoms with Gasteiger partial charge in [0.25, 0.3) is 0 Å². The van der Waals surface area contributed by atoms with Crippen LogP contribution in [0.5, 0.6) is 0 Å². The first kappa shape index (κ1) is 10.6. The minimum absolute atomic E-state index is 0. The van der Waals surface area contributed by atoms with E-state index in [0.29, 0.717) is 0 Å². The van der Waals surface area contributed by atoms with Crippen molar-refractivity contribution in [2.45, 2.75) is 19.8 Å². The predicted molar refractivity (Wildman–Crippen MR) is 59.9 cm³/mol. The van der Waals surface area contributed by atoms with Gasteiger partial charge in [0.05, 0.1) is 0 Å². The van der Waals surface area contributed by atoms with Crippen LogP contribution in [0.4, 0.5) is 0 Å². The fourth-order valence-corrected chi connectivity index (χ4v) is 1.70. The van der Waals surface area contributed by atoms with Gasteiger partial charge in [-0.2, -0.15) is 0 Å². The summed E-state index contributed by atoms with van der Waals surface area (Å²) in [5, 5.41) is 0. The molecule has 0 N–H and O–H groups in total. The summed E-state index contributed by atoms with van der Waals surface area (Å²) < 4.78 is 0. The molecule has 0 bridgehead atoms. The van der Waals surface area contributed by atoms with Crippen molar-refractivity contribution in [2.75, 3.05) is 0 Å². The first-order valence-electron chi connectivity index (χ1n) is 4.55. The summed E-state index contributed by atoms with van der Waals surface area (Å²) in [5.41, 5.74) is 4.30. The second-order valence-corrected chi connectivity index (χ2v) is 3.20. The average molecular weight is 165 g/mol. The van der Waals surface area contributed by atoms with Crippen LogP contribution in [0.15, 0.2) is 30.3 Å². The molecule has 0 amide bonds. The van der Waals surface area contributed by atoms with Crippen molar-refractivity contribution in [2.24, 2.45) is 0 Å². The van der Waals surface area contributed by atoms with Crippen LogP contribution in [0.2, 0.25) is 0 Å². The molecule has 63 valence electrons. The van der Waals surface area contributed by atoms with Crippen LogP contribution in [0.3, 0.4) is 0 Å². The van der Waals surface area contributed by atoms with Crippen LogP contribution in [-0.4, -0.2) is 18.9 Å². The number of fused-ring (bicyclic) bond motifs is 1. The summed E-state index contributed by atoms with van der Waals surface area (Å²) in [6.07, 6.45) is 6.88. The molecule has 0 nitrogen and oxygen atoms in total. The van der Waals surface area contributed by atoms with Crippen molar-refractivity contribution in [3.05, 3.63) is 47.9 Å². The summed E-state index contributed by atoms with van der Waals surface area (Å²) in [7, 11) is 0. The third kappa shape index (κ3) is 2.07. The molecule has 0 unspecified atom stereocenters. The molecule has 0 fully saturated rings. The Bertz CT molecular complexity index is 313. The molecular weight excluding hydrogens is 151 g/mol. The second-order valence-electron chi connectivity index (χ2n) is 3.20. The van der Waals surface area contributed by atoms with Crippen LogP contribution in [0, 0.1) is 6.42 Å². The quantitative estimate of drug-likeness (QED) is 0.591. The average Bonchev–Trinajstić information content (AvgIpc) is 2.50. The SMILES string of the molecule is CCCC1=C[CH]c2ccccc21.[LiH]. The number of hydrogen-bond donors (Lipinski definition) is 0. The molecule has 0 saturated heterocycles. The van der Waals surface area contributed by atoms with Crippen molar-refractivity contribution in [3.8, 4) is 0 Å². The molecule has 13 heavy (non-hydrogen) atoms. The molecule has 0 heterocycles. The monoisotopic (exact) mass is 165 g/mol. The second kappa shape index (κ2) is 4.70. The maximum atomic E-state index is 2.24. The molecule has 1 aliphatic carbocycles. The van der Waals surface area contributed by atoms with E-state index in [-0.39, 0.29) is 18.9 Å². The van der Waals surface area contributed by atoms with E-state index in [4.69, 9.17) is 0 Å². The molecular formula is C12H14Li. The molecule has 0 saturated carbocycles. The summed E-state index contributed by atoms with van der Waals surface area (Å²) >= 11 is 0. The normalized spacial score (nSPS) is 13.2. The predicted octanol–water partition coefficient (Wildman–Crippen LogP) is 2.79. The topological polar surface area (TPSA) is 0 Å². The van der Waals surface area contributed by atoms with Gasteiger partial charge in [-0.1, -0.05) is 43.7 Å². The Hall–Kier alpha value is -0.443. The third-order valence-corrected chi connectivity index (χ3v) is 2.29. The van der Waals surface area contributed by atoms with Crippen LogP contribution in [0.25, 0.3) is 5.57 Å². The van der Waals surface area contributed by atoms with Crippen LogP contribution in [-0.2, 0) is 0 Å². The number of benzene rings is 1. The Morgan fingerprint density at radius 3 is 2.69 bits per heavy atom. The Morgan fingerprint density at radius 1 is 1.15 bits per heavy atom. The van der Waals surface area contributed by atoms with E-state index < -0.39 is 0 Å². The first-order valence-corrected chi connectivity index (χ1v) is 4.55. The molecule has 1 radical (unpaired) electrons. The Kier molecular flexibility index (Phi) is 3.84. The van der Waals surface area contributed by atoms with Gasteiger partial charge >= 0.3 is 18.9 Å². The van der Waals surface area contributed by atoms with Gasteiger partial charge in [-0.25, -0.2) is 0 Å². The van der Waals surface area contributed by atoms with Gasteiger partial charge in [-0.15, -0.1) is 0 Å². The Labute approximate surface area is 92.2 Å². The van der Waals surface area contributed by atoms with Crippen LogP contribution >= 0.6 is 0 Å². The molecule has 1 heteroatoms. The third-order valence-electron chi connectivity index (χ3n) is 2.29. The summed E-state index contributed by atoms with van der Waals surface area (Å²) in [6, 6.07) is 8.59. The summed E-state index contributed by atoms with van der Waals surface area (Å²) in [4.78, 5) is 0. The van der Waals surface area contributed by atoms with Crippen molar-refractivity contribution >= 4 is 24.4 Å². The van der Waals surface area contributed by atoms with Gasteiger partial charge in [0.1, 0.15) is 0 Å². The maximum absolute atomic E-state index is 2.24. The molecule has 0 aliphatic heterocycles. The van der Waals surface area contributed by atoms with Crippen molar-refractivity contribution in [1.82, 2.24) is 0 Å². The summed E-state index contributed by atoms with van der Waals surface area (Å²) in [6.45, 7) is 2.22. The standard InChI is InChI=1S/C12H13.Li.H/c1-2-5-10-8-9-11-6-3-4-7-12(10)11;;/h3-4,6-9H,2,5H2,1H3;;. The van der Waals surface area contributed by atoms with E-state index in [1.165, 1.54) is 29.5 Å². The molecule has 2 rings (SSSR count). The van der Waals surface area contributed by atoms with Gasteiger partial charge in [-0.05, 0) is 23.1 Å². The summed E-state index contributed by atoms with van der Waals surface area (Å²) in [5.74, 6) is 0. The zero-order chi connectivity index (χ0) is 8.39. The van der Waals surface area contributed by atoms with Crippen LogP contribution in [0.1, 0.15) is 30.9 Å². The minimum atomic E-state index is 0. The van der Waals surface area contributed by atoms with Gasteiger partial charge in [0.15, 0.2) is 0 Å². The fourth-order valence-electron chi connectivity index (χ4n) is 1.70. The van der Waals surface area contributed by atoms with Crippen molar-refractivity contribution in [3.63, 3.8) is 0 Å². The molecule has 0 spiro atoms. The van der Waals surface area contributed by atoms with E-state index in [1.807, 2.05) is 0 Å². The van der Waals surface area contributed by atoms with E-state index >= 15 is 0 Å². The fraction of sp³-hybridized carbons (Fsp3) is 0.250. The number of hydrogen-bond acceptors (Lipinski definition) is 0. The van der Waals surface area contributed by atoms with Gasteiger partial charge in [0, 0.05) is 6.42 Å². The van der Waals surface area contributed by atoms with Gasteiger partial charge in [-0.3, -0.25) is 0 Å². The molecule has 1 aromatic carbocycles. The van der Waals surface area contributed by atoms with E-state index in [2.05, 4.69) is 43.7 Å². The zero-order valence-corrected chi connectivity index (χ0v) is 7.38. The van der Waals surface area contributed by atoms with Gasteiger partial charge in [0.2, 0.25) is 0 Å². The molecule has 0 aromatic heterocycles. The number of rotatable bonds is 2. The molecule has 1 aromatic rings. The molecule has 0 atom stereocenters. The van der Waals surface area contributed by atoms with Crippen LogP contribution < -0.4 is 0 Å².